The number of hydrogen-bond acceptors (Lipinski definition) is 3. The number of aliphatic carboxylic acids is 1. The van der Waals surface area contributed by atoms with Crippen LogP contribution in [0.3, 0.4) is 0 Å². The summed E-state index contributed by atoms with van der Waals surface area (Å²) in [7, 11) is 0. The molecule has 2 rings (SSSR count). The van der Waals surface area contributed by atoms with Gasteiger partial charge in [-0.1, -0.05) is 0 Å². The fraction of sp³-hybridized carbons (Fsp3) is 0.556. The van der Waals surface area contributed by atoms with Crippen LogP contribution >= 0.6 is 0 Å². The largest absolute Gasteiger partial charge is 0.488 e. The SMILES string of the molecule is CC(C)(C)Oc1ccc(NC(=O)NC2CCC(C(=O)O)CC2)cc1. The number of benzene rings is 1. The van der Waals surface area contributed by atoms with Crippen molar-refractivity contribution in [2.24, 2.45) is 5.92 Å². The van der Waals surface area contributed by atoms with Gasteiger partial charge in [-0.2, -0.15) is 0 Å². The van der Waals surface area contributed by atoms with E-state index in [4.69, 9.17) is 9.84 Å². The summed E-state index contributed by atoms with van der Waals surface area (Å²) in [5.74, 6) is -0.266. The van der Waals surface area contributed by atoms with Crippen molar-refractivity contribution in [1.29, 1.82) is 0 Å². The molecule has 6 nitrogen and oxygen atoms in total. The summed E-state index contributed by atoms with van der Waals surface area (Å²) in [6, 6.07) is 6.99. The van der Waals surface area contributed by atoms with Gasteiger partial charge in [0, 0.05) is 11.7 Å². The van der Waals surface area contributed by atoms with Gasteiger partial charge in [0.05, 0.1) is 5.92 Å². The molecule has 3 N–H and O–H groups in total. The highest BCUT2D eigenvalue weighted by atomic mass is 16.5. The minimum absolute atomic E-state index is 0.0316. The van der Waals surface area contributed by atoms with Crippen LogP contribution in [0.25, 0.3) is 0 Å². The smallest absolute Gasteiger partial charge is 0.319 e. The Morgan fingerprint density at radius 2 is 1.67 bits per heavy atom. The van der Waals surface area contributed by atoms with Crippen LogP contribution in [0.5, 0.6) is 5.75 Å². The molecule has 0 heterocycles. The molecule has 1 aliphatic rings. The molecule has 0 bridgehead atoms. The Morgan fingerprint density at radius 3 is 2.17 bits per heavy atom. The first-order valence-corrected chi connectivity index (χ1v) is 8.32. The molecule has 0 unspecified atom stereocenters. The van der Waals surface area contributed by atoms with Gasteiger partial charge in [0.2, 0.25) is 0 Å². The average molecular weight is 334 g/mol. The highest BCUT2D eigenvalue weighted by Crippen LogP contribution is 2.24. The second-order valence-electron chi connectivity index (χ2n) is 7.22. The van der Waals surface area contributed by atoms with Gasteiger partial charge in [0.1, 0.15) is 11.4 Å². The molecule has 1 aliphatic carbocycles. The fourth-order valence-corrected chi connectivity index (χ4v) is 2.80. The minimum Gasteiger partial charge on any atom is -0.488 e. The number of rotatable bonds is 4. The van der Waals surface area contributed by atoms with Gasteiger partial charge >= 0.3 is 12.0 Å². The molecule has 0 aromatic heterocycles. The molecule has 0 radical (unpaired) electrons. The highest BCUT2D eigenvalue weighted by Gasteiger charge is 2.26. The fourth-order valence-electron chi connectivity index (χ4n) is 2.80. The number of ether oxygens (including phenoxy) is 1. The van der Waals surface area contributed by atoms with Crippen molar-refractivity contribution in [3.63, 3.8) is 0 Å². The van der Waals surface area contributed by atoms with Gasteiger partial charge in [-0.15, -0.1) is 0 Å². The molecular formula is C18H26N2O4. The molecule has 132 valence electrons. The monoisotopic (exact) mass is 334 g/mol. The lowest BCUT2D eigenvalue weighted by atomic mass is 9.86. The molecule has 24 heavy (non-hydrogen) atoms. The van der Waals surface area contributed by atoms with Gasteiger partial charge < -0.3 is 20.5 Å². The first-order valence-electron chi connectivity index (χ1n) is 8.32. The Balaban J connectivity index is 1.79. The maximum atomic E-state index is 12.0. The third-order valence-corrected chi connectivity index (χ3v) is 3.95. The van der Waals surface area contributed by atoms with Gasteiger partial charge in [-0.05, 0) is 70.7 Å². The van der Waals surface area contributed by atoms with Crippen LogP contribution in [0.4, 0.5) is 10.5 Å². The van der Waals surface area contributed by atoms with Crippen molar-refractivity contribution in [2.45, 2.75) is 58.1 Å². The summed E-state index contributed by atoms with van der Waals surface area (Å²) in [5.41, 5.74) is 0.425. The number of carbonyl (C=O) groups excluding carboxylic acids is 1. The summed E-state index contributed by atoms with van der Waals surface area (Å²) < 4.78 is 5.74. The molecule has 1 aromatic rings. The molecular weight excluding hydrogens is 308 g/mol. The standard InChI is InChI=1S/C18H26N2O4/c1-18(2,3)24-15-10-8-14(9-11-15)20-17(23)19-13-6-4-12(5-7-13)16(21)22/h8-13H,4-7H2,1-3H3,(H,21,22)(H2,19,20,23). The number of amides is 2. The predicted molar refractivity (Wildman–Crippen MR) is 92.4 cm³/mol. The van der Waals surface area contributed by atoms with E-state index in [-0.39, 0.29) is 23.6 Å². The van der Waals surface area contributed by atoms with E-state index in [1.165, 1.54) is 0 Å². The first kappa shape index (κ1) is 18.1. The lowest BCUT2D eigenvalue weighted by Crippen LogP contribution is -2.40. The summed E-state index contributed by atoms with van der Waals surface area (Å²) in [4.78, 5) is 23.0. The quantitative estimate of drug-likeness (QED) is 0.784. The van der Waals surface area contributed by atoms with Crippen LogP contribution in [0, 0.1) is 5.92 Å². The third-order valence-electron chi connectivity index (χ3n) is 3.95. The summed E-state index contributed by atoms with van der Waals surface area (Å²) in [5, 5.41) is 14.7. The second kappa shape index (κ2) is 7.55. The molecule has 0 atom stereocenters. The number of nitrogens with one attached hydrogen (secondary N) is 2. The minimum atomic E-state index is -0.740. The van der Waals surface area contributed by atoms with Crippen LogP contribution in [-0.4, -0.2) is 28.7 Å². The Hall–Kier alpha value is -2.24. The maximum absolute atomic E-state index is 12.0. The third kappa shape index (κ3) is 5.76. The topological polar surface area (TPSA) is 87.7 Å². The summed E-state index contributed by atoms with van der Waals surface area (Å²) in [6.07, 6.45) is 2.61. The number of anilines is 1. The number of urea groups is 1. The Kier molecular flexibility index (Phi) is 5.70. The number of carboxylic acids is 1. The summed E-state index contributed by atoms with van der Waals surface area (Å²) >= 11 is 0. The van der Waals surface area contributed by atoms with E-state index in [1.807, 2.05) is 32.9 Å². The Labute approximate surface area is 142 Å². The lowest BCUT2D eigenvalue weighted by Gasteiger charge is -2.26. The van der Waals surface area contributed by atoms with Crippen LogP contribution < -0.4 is 15.4 Å². The number of hydrogen-bond donors (Lipinski definition) is 3. The van der Waals surface area contributed by atoms with Crippen molar-refractivity contribution < 1.29 is 19.4 Å². The lowest BCUT2D eigenvalue weighted by molar-refractivity contribution is -0.142. The first-order chi connectivity index (χ1) is 11.2. The van der Waals surface area contributed by atoms with E-state index < -0.39 is 5.97 Å². The van der Waals surface area contributed by atoms with Gasteiger partial charge in [-0.25, -0.2) is 4.79 Å². The molecule has 0 saturated heterocycles. The van der Waals surface area contributed by atoms with E-state index in [1.54, 1.807) is 12.1 Å². The van der Waals surface area contributed by atoms with Crippen molar-refractivity contribution >= 4 is 17.7 Å². The zero-order chi connectivity index (χ0) is 17.7. The van der Waals surface area contributed by atoms with E-state index in [9.17, 15) is 9.59 Å². The van der Waals surface area contributed by atoms with Crippen LogP contribution in [0.15, 0.2) is 24.3 Å². The molecule has 1 saturated carbocycles. The van der Waals surface area contributed by atoms with E-state index in [2.05, 4.69) is 10.6 Å². The second-order valence-corrected chi connectivity index (χ2v) is 7.22. The molecule has 1 aromatic carbocycles. The Bertz CT molecular complexity index is 570. The van der Waals surface area contributed by atoms with Crippen LogP contribution in [0.2, 0.25) is 0 Å². The summed E-state index contributed by atoms with van der Waals surface area (Å²) in [6.45, 7) is 5.93. The van der Waals surface area contributed by atoms with E-state index in [0.29, 0.717) is 31.4 Å². The van der Waals surface area contributed by atoms with Gasteiger partial charge in [-0.3, -0.25) is 4.79 Å². The normalized spacial score (nSPS) is 21.0. The number of carboxylic acid groups (broad SMARTS) is 1. The number of carbonyl (C=O) groups is 2. The van der Waals surface area contributed by atoms with Crippen LogP contribution in [-0.2, 0) is 4.79 Å². The van der Waals surface area contributed by atoms with Crippen molar-refractivity contribution in [3.05, 3.63) is 24.3 Å². The molecule has 0 spiro atoms. The predicted octanol–water partition coefficient (Wildman–Crippen LogP) is 3.63. The molecule has 2 amide bonds. The Morgan fingerprint density at radius 1 is 1.08 bits per heavy atom. The zero-order valence-corrected chi connectivity index (χ0v) is 14.5. The van der Waals surface area contributed by atoms with Crippen molar-refractivity contribution in [3.8, 4) is 5.75 Å². The van der Waals surface area contributed by atoms with Crippen LogP contribution in [0.1, 0.15) is 46.5 Å². The molecule has 0 aliphatic heterocycles. The average Bonchev–Trinajstić information content (AvgIpc) is 2.48. The zero-order valence-electron chi connectivity index (χ0n) is 14.5. The highest BCUT2D eigenvalue weighted by molar-refractivity contribution is 5.89. The van der Waals surface area contributed by atoms with Crippen molar-refractivity contribution in [2.75, 3.05) is 5.32 Å². The molecule has 6 heteroatoms. The van der Waals surface area contributed by atoms with Gasteiger partial charge in [0.25, 0.3) is 0 Å². The maximum Gasteiger partial charge on any atom is 0.319 e. The van der Waals surface area contributed by atoms with E-state index in [0.717, 1.165) is 5.75 Å². The van der Waals surface area contributed by atoms with E-state index >= 15 is 0 Å². The van der Waals surface area contributed by atoms with Gasteiger partial charge in [0.15, 0.2) is 0 Å². The molecule has 1 fully saturated rings. The van der Waals surface area contributed by atoms with Crippen molar-refractivity contribution in [1.82, 2.24) is 5.32 Å².